The zero-order valence-electron chi connectivity index (χ0n) is 5.43. The zero-order valence-corrected chi connectivity index (χ0v) is 6.32. The van der Waals surface area contributed by atoms with Gasteiger partial charge in [0.2, 0.25) is 0 Å². The maximum Gasteiger partial charge on any atom is 0.524 e. The highest BCUT2D eigenvalue weighted by molar-refractivity contribution is 7.46. The van der Waals surface area contributed by atoms with Crippen molar-refractivity contribution in [1.29, 1.82) is 0 Å². The van der Waals surface area contributed by atoms with E-state index in [1.165, 1.54) is 13.2 Å². The molecule has 0 heterocycles. The highest BCUT2D eigenvalue weighted by Crippen LogP contribution is 2.35. The van der Waals surface area contributed by atoms with Crippen molar-refractivity contribution in [3.8, 4) is 0 Å². The molecule has 0 atom stereocenters. The molecular weight excluding hydrogens is 159 g/mol. The Hall–Kier alpha value is -0.350. The van der Waals surface area contributed by atoms with Crippen LogP contribution in [0.2, 0.25) is 0 Å². The molecule has 0 spiro atoms. The second kappa shape index (κ2) is 4.46. The van der Waals surface area contributed by atoms with Gasteiger partial charge >= 0.3 is 7.82 Å². The maximum atomic E-state index is 9.97. The Morgan fingerprint density at radius 2 is 2.20 bits per heavy atom. The van der Waals surface area contributed by atoms with Crippen LogP contribution in [0.1, 0.15) is 0 Å². The van der Waals surface area contributed by atoms with Crippen molar-refractivity contribution in [1.82, 2.24) is 0 Å². The first-order valence-electron chi connectivity index (χ1n) is 2.44. The van der Waals surface area contributed by atoms with E-state index in [4.69, 9.17) is 9.79 Å². The van der Waals surface area contributed by atoms with Gasteiger partial charge in [0.15, 0.2) is 0 Å². The van der Waals surface area contributed by atoms with Crippen molar-refractivity contribution < 1.29 is 23.6 Å². The lowest BCUT2D eigenvalue weighted by Gasteiger charge is -1.98. The Kier molecular flexibility index (Phi) is 4.31. The summed E-state index contributed by atoms with van der Waals surface area (Å²) in [4.78, 5) is 16.2. The van der Waals surface area contributed by atoms with Gasteiger partial charge in [-0.1, -0.05) is 0 Å². The Bertz CT molecular complexity index is 148. The number of phosphoric acid groups is 1. The SMILES string of the molecule is COCC=COP(=O)(O)O. The quantitative estimate of drug-likeness (QED) is 0.465. The third-order valence-corrected chi connectivity index (χ3v) is 0.954. The van der Waals surface area contributed by atoms with Gasteiger partial charge in [-0.25, -0.2) is 4.57 Å². The van der Waals surface area contributed by atoms with Crippen LogP contribution in [-0.4, -0.2) is 23.5 Å². The van der Waals surface area contributed by atoms with E-state index in [1.54, 1.807) is 0 Å². The van der Waals surface area contributed by atoms with Gasteiger partial charge in [-0.3, -0.25) is 9.79 Å². The second-order valence-electron chi connectivity index (χ2n) is 1.42. The molecule has 0 aliphatic heterocycles. The molecule has 10 heavy (non-hydrogen) atoms. The molecule has 0 saturated heterocycles. The van der Waals surface area contributed by atoms with E-state index in [0.29, 0.717) is 0 Å². The van der Waals surface area contributed by atoms with Crippen molar-refractivity contribution in [2.24, 2.45) is 0 Å². The summed E-state index contributed by atoms with van der Waals surface area (Å²) >= 11 is 0. The molecule has 0 saturated carbocycles. The van der Waals surface area contributed by atoms with E-state index in [0.717, 1.165) is 6.26 Å². The van der Waals surface area contributed by atoms with E-state index in [1.807, 2.05) is 0 Å². The summed E-state index contributed by atoms with van der Waals surface area (Å²) in [6, 6.07) is 0. The highest BCUT2D eigenvalue weighted by Gasteiger charge is 2.10. The summed E-state index contributed by atoms with van der Waals surface area (Å²) in [6.45, 7) is 0.264. The monoisotopic (exact) mass is 168 g/mol. The standard InChI is InChI=1S/C4H9O5P/c1-8-3-2-4-9-10(5,6)7/h2,4H,3H2,1H3,(H2,5,6,7). The van der Waals surface area contributed by atoms with Crippen LogP contribution < -0.4 is 0 Å². The minimum atomic E-state index is -4.35. The first kappa shape index (κ1) is 9.65. The minimum Gasteiger partial charge on any atom is -0.412 e. The van der Waals surface area contributed by atoms with Gasteiger partial charge in [0.25, 0.3) is 0 Å². The van der Waals surface area contributed by atoms with Crippen LogP contribution in [0.5, 0.6) is 0 Å². The number of hydrogen-bond acceptors (Lipinski definition) is 3. The summed E-state index contributed by atoms with van der Waals surface area (Å²) in [5, 5.41) is 0. The van der Waals surface area contributed by atoms with Gasteiger partial charge in [0.1, 0.15) is 0 Å². The van der Waals surface area contributed by atoms with Crippen LogP contribution in [0.15, 0.2) is 12.3 Å². The minimum absolute atomic E-state index is 0.264. The Morgan fingerprint density at radius 3 is 2.60 bits per heavy atom. The molecule has 0 aromatic rings. The van der Waals surface area contributed by atoms with E-state index >= 15 is 0 Å². The van der Waals surface area contributed by atoms with Crippen LogP contribution in [0, 0.1) is 0 Å². The van der Waals surface area contributed by atoms with Crippen molar-refractivity contribution >= 4 is 7.82 Å². The Morgan fingerprint density at radius 1 is 1.60 bits per heavy atom. The van der Waals surface area contributed by atoms with Crippen LogP contribution in [0.25, 0.3) is 0 Å². The average Bonchev–Trinajstić information content (AvgIpc) is 1.78. The second-order valence-corrected chi connectivity index (χ2v) is 2.62. The molecule has 0 radical (unpaired) electrons. The smallest absolute Gasteiger partial charge is 0.412 e. The fraction of sp³-hybridized carbons (Fsp3) is 0.500. The molecule has 5 nitrogen and oxygen atoms in total. The lowest BCUT2D eigenvalue weighted by atomic mass is 10.7. The first-order chi connectivity index (χ1) is 4.56. The molecule has 6 heteroatoms. The maximum absolute atomic E-state index is 9.97. The predicted molar refractivity (Wildman–Crippen MR) is 34.1 cm³/mol. The fourth-order valence-electron chi connectivity index (χ4n) is 0.258. The molecule has 2 N–H and O–H groups in total. The summed E-state index contributed by atoms with van der Waals surface area (Å²) in [7, 11) is -2.89. The molecule has 0 aromatic carbocycles. The third-order valence-electron chi connectivity index (χ3n) is 0.557. The largest absolute Gasteiger partial charge is 0.524 e. The van der Waals surface area contributed by atoms with E-state index in [9.17, 15) is 4.57 Å². The molecule has 0 aromatic heterocycles. The molecule has 0 amide bonds. The summed E-state index contributed by atoms with van der Waals surface area (Å²) in [5.74, 6) is 0. The van der Waals surface area contributed by atoms with Gasteiger partial charge < -0.3 is 9.26 Å². The molecule has 0 unspecified atom stereocenters. The van der Waals surface area contributed by atoms with Gasteiger partial charge in [0, 0.05) is 7.11 Å². The number of rotatable bonds is 4. The van der Waals surface area contributed by atoms with Gasteiger partial charge in [-0.15, -0.1) is 0 Å². The fourth-order valence-corrected chi connectivity index (χ4v) is 0.502. The van der Waals surface area contributed by atoms with E-state index in [2.05, 4.69) is 9.26 Å². The number of phosphoric ester groups is 1. The molecule has 60 valence electrons. The molecule has 0 aliphatic rings. The summed E-state index contributed by atoms with van der Waals surface area (Å²) in [6.07, 6.45) is 2.25. The molecule has 0 rings (SSSR count). The molecule has 0 bridgehead atoms. The Labute approximate surface area is 58.5 Å². The van der Waals surface area contributed by atoms with Gasteiger partial charge in [-0.05, 0) is 6.08 Å². The van der Waals surface area contributed by atoms with E-state index in [-0.39, 0.29) is 6.61 Å². The highest BCUT2D eigenvalue weighted by atomic mass is 31.2. The van der Waals surface area contributed by atoms with Crippen LogP contribution in [0.4, 0.5) is 0 Å². The Balaban J connectivity index is 3.44. The summed E-state index contributed by atoms with van der Waals surface area (Å²) < 4.78 is 18.4. The molecule has 0 aliphatic carbocycles. The van der Waals surface area contributed by atoms with Crippen molar-refractivity contribution in [2.45, 2.75) is 0 Å². The zero-order chi connectivity index (χ0) is 8.04. The van der Waals surface area contributed by atoms with Crippen LogP contribution >= 0.6 is 7.82 Å². The third kappa shape index (κ3) is 7.65. The van der Waals surface area contributed by atoms with Gasteiger partial charge in [0.05, 0.1) is 12.9 Å². The van der Waals surface area contributed by atoms with E-state index < -0.39 is 7.82 Å². The van der Waals surface area contributed by atoms with Crippen molar-refractivity contribution in [2.75, 3.05) is 13.7 Å². The number of ether oxygens (including phenoxy) is 1. The first-order valence-corrected chi connectivity index (χ1v) is 3.97. The number of methoxy groups -OCH3 is 1. The molecular formula is C4H9O5P. The normalized spacial score (nSPS) is 12.3. The van der Waals surface area contributed by atoms with Gasteiger partial charge in [-0.2, -0.15) is 0 Å². The molecule has 0 fully saturated rings. The van der Waals surface area contributed by atoms with Crippen molar-refractivity contribution in [3.05, 3.63) is 12.3 Å². The average molecular weight is 168 g/mol. The van der Waals surface area contributed by atoms with Crippen molar-refractivity contribution in [3.63, 3.8) is 0 Å². The van der Waals surface area contributed by atoms with Crippen LogP contribution in [-0.2, 0) is 13.8 Å². The number of hydrogen-bond donors (Lipinski definition) is 2. The summed E-state index contributed by atoms with van der Waals surface area (Å²) in [5.41, 5.74) is 0. The lowest BCUT2D eigenvalue weighted by Crippen LogP contribution is -1.82. The predicted octanol–water partition coefficient (Wildman–Crippen LogP) is 0.256. The topological polar surface area (TPSA) is 76.0 Å². The van der Waals surface area contributed by atoms with Crippen LogP contribution in [0.3, 0.4) is 0 Å². The lowest BCUT2D eigenvalue weighted by molar-refractivity contribution is 0.227.